The predicted molar refractivity (Wildman–Crippen MR) is 86.0 cm³/mol. The molecule has 1 amide bonds. The van der Waals surface area contributed by atoms with Crippen molar-refractivity contribution in [2.75, 3.05) is 20.5 Å². The molecule has 0 spiro atoms. The molecule has 126 valence electrons. The molecule has 1 aromatic carbocycles. The lowest BCUT2D eigenvalue weighted by Crippen LogP contribution is -2.48. The second kappa shape index (κ2) is 7.01. The Morgan fingerprint density at radius 1 is 1.26 bits per heavy atom. The molecule has 23 heavy (non-hydrogen) atoms. The summed E-state index contributed by atoms with van der Waals surface area (Å²) in [7, 11) is -0.609. The summed E-state index contributed by atoms with van der Waals surface area (Å²) in [5.41, 5.74) is 6.11. The van der Waals surface area contributed by atoms with Crippen LogP contribution in [0.5, 0.6) is 11.5 Å². The molecule has 1 saturated heterocycles. The highest BCUT2D eigenvalue weighted by Crippen LogP contribution is 2.36. The first kappa shape index (κ1) is 17.3. The van der Waals surface area contributed by atoms with Crippen LogP contribution in [-0.4, -0.2) is 40.8 Å². The Balaban J connectivity index is 2.34. The molecule has 1 fully saturated rings. The lowest BCUT2D eigenvalue weighted by Gasteiger charge is -2.20. The molecule has 7 nitrogen and oxygen atoms in total. The number of methoxy groups -OCH3 is 2. The lowest BCUT2D eigenvalue weighted by atomic mass is 10.1. The SMILES string of the molecule is COc1cc(/C=C/C2CCC(=O)NN2)cc(S(C)(=O)=O)c1OC. The zero-order valence-electron chi connectivity index (χ0n) is 13.3. The van der Waals surface area contributed by atoms with E-state index in [9.17, 15) is 13.2 Å². The molecule has 2 N–H and O–H groups in total. The number of hydrazine groups is 1. The number of carbonyl (C=O) groups excluding carboxylic acids is 1. The molecule has 2 rings (SSSR count). The first-order chi connectivity index (χ1) is 10.8. The van der Waals surface area contributed by atoms with E-state index in [0.717, 1.165) is 6.26 Å². The third-order valence-electron chi connectivity index (χ3n) is 3.47. The average molecular weight is 340 g/mol. The van der Waals surface area contributed by atoms with Crippen molar-refractivity contribution in [3.05, 3.63) is 23.8 Å². The molecule has 0 bridgehead atoms. The van der Waals surface area contributed by atoms with E-state index in [0.29, 0.717) is 24.2 Å². The van der Waals surface area contributed by atoms with Gasteiger partial charge in [-0.3, -0.25) is 10.2 Å². The Morgan fingerprint density at radius 2 is 2.00 bits per heavy atom. The van der Waals surface area contributed by atoms with Crippen LogP contribution in [0.2, 0.25) is 0 Å². The van der Waals surface area contributed by atoms with E-state index in [-0.39, 0.29) is 22.6 Å². The Kier molecular flexibility index (Phi) is 5.27. The second-order valence-corrected chi connectivity index (χ2v) is 7.21. The molecule has 0 radical (unpaired) electrons. The summed E-state index contributed by atoms with van der Waals surface area (Å²) in [6.45, 7) is 0. The van der Waals surface area contributed by atoms with E-state index in [1.807, 2.05) is 6.08 Å². The van der Waals surface area contributed by atoms with Gasteiger partial charge < -0.3 is 9.47 Å². The Hall–Kier alpha value is -2.06. The third-order valence-corrected chi connectivity index (χ3v) is 4.57. The standard InChI is InChI=1S/C15H20N2O5S/c1-21-12-8-10(4-5-11-6-7-14(18)17-16-11)9-13(15(12)22-2)23(3,19)20/h4-5,8-9,11,16H,6-7H2,1-3H3,(H,17,18)/b5-4+. The zero-order chi connectivity index (χ0) is 17.0. The van der Waals surface area contributed by atoms with Gasteiger partial charge in [0.25, 0.3) is 0 Å². The van der Waals surface area contributed by atoms with Gasteiger partial charge >= 0.3 is 0 Å². The van der Waals surface area contributed by atoms with Gasteiger partial charge in [-0.05, 0) is 24.1 Å². The van der Waals surface area contributed by atoms with Gasteiger partial charge in [0.05, 0.1) is 14.2 Å². The van der Waals surface area contributed by atoms with Crippen LogP contribution in [0, 0.1) is 0 Å². The summed E-state index contributed by atoms with van der Waals surface area (Å²) in [5.74, 6) is 0.496. The molecule has 1 unspecified atom stereocenters. The number of benzene rings is 1. The van der Waals surface area contributed by atoms with Gasteiger partial charge in [-0.1, -0.05) is 12.2 Å². The number of rotatable bonds is 5. The van der Waals surface area contributed by atoms with Gasteiger partial charge in [-0.2, -0.15) is 0 Å². The summed E-state index contributed by atoms with van der Waals surface area (Å²) in [6.07, 6.45) is 5.89. The molecule has 0 aliphatic carbocycles. The van der Waals surface area contributed by atoms with Crippen LogP contribution in [0.1, 0.15) is 18.4 Å². The third kappa shape index (κ3) is 4.23. The van der Waals surface area contributed by atoms with Crippen molar-refractivity contribution in [1.82, 2.24) is 10.9 Å². The predicted octanol–water partition coefficient (Wildman–Crippen LogP) is 0.904. The minimum absolute atomic E-state index is 0.0116. The fraction of sp³-hybridized carbons (Fsp3) is 0.400. The molecule has 1 aromatic rings. The van der Waals surface area contributed by atoms with Gasteiger partial charge in [0.15, 0.2) is 21.3 Å². The number of carbonyl (C=O) groups is 1. The van der Waals surface area contributed by atoms with Gasteiger partial charge in [-0.15, -0.1) is 0 Å². The Morgan fingerprint density at radius 3 is 2.52 bits per heavy atom. The highest BCUT2D eigenvalue weighted by atomic mass is 32.2. The number of amides is 1. The average Bonchev–Trinajstić information content (AvgIpc) is 2.52. The van der Waals surface area contributed by atoms with E-state index in [2.05, 4.69) is 10.9 Å². The van der Waals surface area contributed by atoms with E-state index < -0.39 is 9.84 Å². The summed E-state index contributed by atoms with van der Waals surface area (Å²) in [4.78, 5) is 11.2. The highest BCUT2D eigenvalue weighted by molar-refractivity contribution is 7.90. The molecule has 0 aromatic heterocycles. The molecular weight excluding hydrogens is 320 g/mol. The minimum atomic E-state index is -3.46. The fourth-order valence-corrected chi connectivity index (χ4v) is 3.16. The van der Waals surface area contributed by atoms with Gasteiger partial charge in [0, 0.05) is 18.7 Å². The summed E-state index contributed by atoms with van der Waals surface area (Å²) in [6, 6.07) is 3.22. The van der Waals surface area contributed by atoms with E-state index in [1.165, 1.54) is 20.3 Å². The van der Waals surface area contributed by atoms with Crippen molar-refractivity contribution in [2.24, 2.45) is 0 Å². The first-order valence-electron chi connectivity index (χ1n) is 7.04. The largest absolute Gasteiger partial charge is 0.493 e. The smallest absolute Gasteiger partial charge is 0.234 e. The second-order valence-electron chi connectivity index (χ2n) is 5.22. The van der Waals surface area contributed by atoms with Crippen LogP contribution in [-0.2, 0) is 14.6 Å². The summed E-state index contributed by atoms with van der Waals surface area (Å²) < 4.78 is 34.3. The van der Waals surface area contributed by atoms with Crippen LogP contribution < -0.4 is 20.3 Å². The van der Waals surface area contributed by atoms with Gasteiger partial charge in [0.2, 0.25) is 5.91 Å². The molecule has 8 heteroatoms. The molecule has 1 heterocycles. The molecule has 1 aliphatic rings. The normalized spacial score (nSPS) is 18.7. The first-order valence-corrected chi connectivity index (χ1v) is 8.93. The van der Waals surface area contributed by atoms with Crippen molar-refractivity contribution in [3.63, 3.8) is 0 Å². The Labute approximate surface area is 135 Å². The molecular formula is C15H20N2O5S. The summed E-state index contributed by atoms with van der Waals surface area (Å²) >= 11 is 0. The fourth-order valence-electron chi connectivity index (χ4n) is 2.29. The van der Waals surface area contributed by atoms with Gasteiger partial charge in [-0.25, -0.2) is 13.8 Å². The maximum atomic E-state index is 12.0. The maximum Gasteiger partial charge on any atom is 0.234 e. The molecule has 1 aliphatic heterocycles. The van der Waals surface area contributed by atoms with Crippen LogP contribution >= 0.6 is 0 Å². The van der Waals surface area contributed by atoms with Gasteiger partial charge in [0.1, 0.15) is 4.90 Å². The molecule has 1 atom stereocenters. The Bertz CT molecular complexity index is 718. The number of hydrogen-bond acceptors (Lipinski definition) is 6. The summed E-state index contributed by atoms with van der Waals surface area (Å²) in [5, 5.41) is 0. The number of nitrogens with one attached hydrogen (secondary N) is 2. The highest BCUT2D eigenvalue weighted by Gasteiger charge is 2.20. The van der Waals surface area contributed by atoms with Crippen LogP contribution in [0.4, 0.5) is 0 Å². The monoisotopic (exact) mass is 340 g/mol. The van der Waals surface area contributed by atoms with Crippen molar-refractivity contribution in [2.45, 2.75) is 23.8 Å². The van der Waals surface area contributed by atoms with Crippen LogP contribution in [0.25, 0.3) is 6.08 Å². The minimum Gasteiger partial charge on any atom is -0.493 e. The number of hydrogen-bond donors (Lipinski definition) is 2. The van der Waals surface area contributed by atoms with Crippen LogP contribution in [0.15, 0.2) is 23.1 Å². The van der Waals surface area contributed by atoms with Crippen molar-refractivity contribution in [3.8, 4) is 11.5 Å². The lowest BCUT2D eigenvalue weighted by molar-refractivity contribution is -0.123. The van der Waals surface area contributed by atoms with Crippen molar-refractivity contribution < 1.29 is 22.7 Å². The van der Waals surface area contributed by atoms with E-state index in [1.54, 1.807) is 12.1 Å². The zero-order valence-corrected chi connectivity index (χ0v) is 14.1. The van der Waals surface area contributed by atoms with Crippen LogP contribution in [0.3, 0.4) is 0 Å². The van der Waals surface area contributed by atoms with Crippen molar-refractivity contribution >= 4 is 21.8 Å². The maximum absolute atomic E-state index is 12.0. The topological polar surface area (TPSA) is 93.7 Å². The number of sulfone groups is 1. The van der Waals surface area contributed by atoms with E-state index >= 15 is 0 Å². The quantitative estimate of drug-likeness (QED) is 0.827. The number of ether oxygens (including phenoxy) is 2. The van der Waals surface area contributed by atoms with E-state index in [4.69, 9.17) is 9.47 Å². The van der Waals surface area contributed by atoms with Crippen molar-refractivity contribution in [1.29, 1.82) is 0 Å². The molecule has 0 saturated carbocycles.